The number of nitrogens with one attached hydrogen (secondary N) is 1. The summed E-state index contributed by atoms with van der Waals surface area (Å²) >= 11 is 1.19. The van der Waals surface area contributed by atoms with Crippen LogP contribution in [0.2, 0.25) is 0 Å². The molecule has 0 bridgehead atoms. The molecule has 114 valence electrons. The van der Waals surface area contributed by atoms with Gasteiger partial charge in [0.15, 0.2) is 0 Å². The van der Waals surface area contributed by atoms with Crippen molar-refractivity contribution < 1.29 is 18.3 Å². The lowest BCUT2D eigenvalue weighted by Crippen LogP contribution is -2.14. The standard InChI is InChI=1S/C12H18F3N3OS/c1-3-5-16-9-7-10(20-8(2)4-6-19)18-11(17-9)12(13,14)15/h7-8,19H,3-6H2,1-2H3,(H,16,17,18). The molecule has 8 heteroatoms. The molecule has 0 aliphatic heterocycles. The molecule has 0 saturated heterocycles. The predicted octanol–water partition coefficient (Wildman–Crippen LogP) is 3.18. The van der Waals surface area contributed by atoms with E-state index in [9.17, 15) is 13.2 Å². The van der Waals surface area contributed by atoms with Gasteiger partial charge < -0.3 is 10.4 Å². The minimum absolute atomic E-state index is 0.00762. The highest BCUT2D eigenvalue weighted by Gasteiger charge is 2.35. The summed E-state index contributed by atoms with van der Waals surface area (Å²) in [7, 11) is 0. The maximum Gasteiger partial charge on any atom is 0.451 e. The Hall–Kier alpha value is -1.02. The van der Waals surface area contributed by atoms with Gasteiger partial charge in [-0.15, -0.1) is 11.8 Å². The van der Waals surface area contributed by atoms with Gasteiger partial charge in [-0.2, -0.15) is 13.2 Å². The van der Waals surface area contributed by atoms with Gasteiger partial charge in [-0.3, -0.25) is 0 Å². The second kappa shape index (κ2) is 7.68. The van der Waals surface area contributed by atoms with Crippen molar-refractivity contribution in [3.8, 4) is 0 Å². The monoisotopic (exact) mass is 309 g/mol. The smallest absolute Gasteiger partial charge is 0.396 e. The number of hydrogen-bond donors (Lipinski definition) is 2. The molecule has 1 aromatic rings. The molecule has 20 heavy (non-hydrogen) atoms. The highest BCUT2D eigenvalue weighted by atomic mass is 32.2. The van der Waals surface area contributed by atoms with Gasteiger partial charge >= 0.3 is 6.18 Å². The Labute approximate surface area is 120 Å². The van der Waals surface area contributed by atoms with Gasteiger partial charge in [0.25, 0.3) is 0 Å². The zero-order valence-electron chi connectivity index (χ0n) is 11.4. The zero-order chi connectivity index (χ0) is 15.2. The van der Waals surface area contributed by atoms with Crippen LogP contribution in [0.5, 0.6) is 0 Å². The summed E-state index contributed by atoms with van der Waals surface area (Å²) in [6, 6.07) is 1.50. The maximum atomic E-state index is 12.8. The van der Waals surface area contributed by atoms with Gasteiger partial charge in [-0.05, 0) is 12.8 Å². The highest BCUT2D eigenvalue weighted by molar-refractivity contribution is 7.99. The van der Waals surface area contributed by atoms with Crippen molar-refractivity contribution in [2.45, 2.75) is 43.1 Å². The number of aromatic nitrogens is 2. The number of aliphatic hydroxyl groups is 1. The number of nitrogens with zero attached hydrogens (tertiary/aromatic N) is 2. The van der Waals surface area contributed by atoms with Crippen LogP contribution in [0.4, 0.5) is 19.0 Å². The Kier molecular flexibility index (Phi) is 6.54. The molecule has 1 aromatic heterocycles. The number of hydrogen-bond acceptors (Lipinski definition) is 5. The average molecular weight is 309 g/mol. The van der Waals surface area contributed by atoms with Crippen molar-refractivity contribution in [3.63, 3.8) is 0 Å². The second-order valence-electron chi connectivity index (χ2n) is 4.28. The Morgan fingerprint density at radius 1 is 1.40 bits per heavy atom. The van der Waals surface area contributed by atoms with Gasteiger partial charge in [0.05, 0.1) is 0 Å². The molecule has 0 aromatic carbocycles. The van der Waals surface area contributed by atoms with Crippen LogP contribution in [0, 0.1) is 0 Å². The van der Waals surface area contributed by atoms with Crippen LogP contribution in [-0.4, -0.2) is 33.5 Å². The first kappa shape index (κ1) is 17.0. The summed E-state index contributed by atoms with van der Waals surface area (Å²) in [6.45, 7) is 4.28. The Bertz CT molecular complexity index is 429. The van der Waals surface area contributed by atoms with Gasteiger partial charge in [-0.25, -0.2) is 9.97 Å². The lowest BCUT2D eigenvalue weighted by atomic mass is 10.3. The fourth-order valence-corrected chi connectivity index (χ4v) is 2.36. The van der Waals surface area contributed by atoms with Crippen LogP contribution in [0.25, 0.3) is 0 Å². The highest BCUT2D eigenvalue weighted by Crippen LogP contribution is 2.31. The van der Waals surface area contributed by atoms with Crippen LogP contribution in [0.15, 0.2) is 11.1 Å². The Morgan fingerprint density at radius 3 is 2.65 bits per heavy atom. The normalized spacial score (nSPS) is 13.3. The van der Waals surface area contributed by atoms with E-state index in [4.69, 9.17) is 5.11 Å². The van der Waals surface area contributed by atoms with E-state index in [0.29, 0.717) is 13.0 Å². The maximum absolute atomic E-state index is 12.8. The molecular weight excluding hydrogens is 291 g/mol. The van der Waals surface area contributed by atoms with Gasteiger partial charge in [0.1, 0.15) is 10.8 Å². The SMILES string of the molecule is CCCNc1cc(SC(C)CCO)nc(C(F)(F)F)n1. The molecule has 1 rings (SSSR count). The second-order valence-corrected chi connectivity index (χ2v) is 5.74. The van der Waals surface area contributed by atoms with Crippen molar-refractivity contribution in [2.75, 3.05) is 18.5 Å². The van der Waals surface area contributed by atoms with Crippen LogP contribution in [0.3, 0.4) is 0 Å². The topological polar surface area (TPSA) is 58.0 Å². The first-order valence-electron chi connectivity index (χ1n) is 6.34. The summed E-state index contributed by atoms with van der Waals surface area (Å²) in [5.41, 5.74) is 0. The Morgan fingerprint density at radius 2 is 2.10 bits per heavy atom. The number of thioether (sulfide) groups is 1. The molecule has 0 fully saturated rings. The molecule has 0 spiro atoms. The predicted molar refractivity (Wildman–Crippen MR) is 72.8 cm³/mol. The molecule has 0 saturated carbocycles. The van der Waals surface area contributed by atoms with Gasteiger partial charge in [0.2, 0.25) is 5.82 Å². The molecule has 0 amide bonds. The quantitative estimate of drug-likeness (QED) is 0.598. The Balaban J connectivity index is 2.97. The molecule has 1 unspecified atom stereocenters. The van der Waals surface area contributed by atoms with Crippen LogP contribution < -0.4 is 5.32 Å². The largest absolute Gasteiger partial charge is 0.451 e. The third-order valence-corrected chi connectivity index (χ3v) is 3.46. The van der Waals surface area contributed by atoms with E-state index < -0.39 is 12.0 Å². The van der Waals surface area contributed by atoms with Crippen molar-refractivity contribution in [1.29, 1.82) is 0 Å². The number of anilines is 1. The first-order chi connectivity index (χ1) is 9.36. The third-order valence-electron chi connectivity index (χ3n) is 2.37. The summed E-state index contributed by atoms with van der Waals surface area (Å²) in [4.78, 5) is 7.03. The van der Waals surface area contributed by atoms with Gasteiger partial charge in [0, 0.05) is 24.5 Å². The first-order valence-corrected chi connectivity index (χ1v) is 7.22. The average Bonchev–Trinajstić information content (AvgIpc) is 2.35. The molecule has 2 N–H and O–H groups in total. The van der Waals surface area contributed by atoms with E-state index in [1.165, 1.54) is 17.8 Å². The van der Waals surface area contributed by atoms with Crippen LogP contribution in [-0.2, 0) is 6.18 Å². The van der Waals surface area contributed by atoms with Crippen LogP contribution >= 0.6 is 11.8 Å². The van der Waals surface area contributed by atoms with Crippen molar-refractivity contribution in [1.82, 2.24) is 9.97 Å². The molecule has 0 aliphatic carbocycles. The van der Waals surface area contributed by atoms with Crippen molar-refractivity contribution >= 4 is 17.6 Å². The lowest BCUT2D eigenvalue weighted by Gasteiger charge is -2.13. The molecular formula is C12H18F3N3OS. The number of rotatable bonds is 7. The summed E-state index contributed by atoms with van der Waals surface area (Å²) in [6.07, 6.45) is -3.29. The molecule has 0 aliphatic rings. The summed E-state index contributed by atoms with van der Waals surface area (Å²) in [5.74, 6) is -0.967. The molecule has 1 heterocycles. The van der Waals surface area contributed by atoms with Crippen molar-refractivity contribution in [3.05, 3.63) is 11.9 Å². The van der Waals surface area contributed by atoms with E-state index in [1.807, 2.05) is 13.8 Å². The van der Waals surface area contributed by atoms with E-state index in [0.717, 1.165) is 6.42 Å². The molecule has 4 nitrogen and oxygen atoms in total. The van der Waals surface area contributed by atoms with Crippen LogP contribution in [0.1, 0.15) is 32.5 Å². The van der Waals surface area contributed by atoms with Gasteiger partial charge in [-0.1, -0.05) is 13.8 Å². The molecule has 0 radical (unpaired) electrons. The van der Waals surface area contributed by atoms with E-state index in [1.54, 1.807) is 0 Å². The van der Waals surface area contributed by atoms with E-state index >= 15 is 0 Å². The fraction of sp³-hybridized carbons (Fsp3) is 0.667. The minimum atomic E-state index is -4.57. The fourth-order valence-electron chi connectivity index (χ4n) is 1.40. The number of halogens is 3. The van der Waals surface area contributed by atoms with E-state index in [2.05, 4.69) is 15.3 Å². The molecule has 1 atom stereocenters. The number of alkyl halides is 3. The summed E-state index contributed by atoms with van der Waals surface area (Å²) < 4.78 is 38.3. The zero-order valence-corrected chi connectivity index (χ0v) is 12.2. The third kappa shape index (κ3) is 5.54. The minimum Gasteiger partial charge on any atom is -0.396 e. The summed E-state index contributed by atoms with van der Waals surface area (Å²) in [5, 5.41) is 11.9. The lowest BCUT2D eigenvalue weighted by molar-refractivity contribution is -0.145. The van der Waals surface area contributed by atoms with Crippen molar-refractivity contribution in [2.24, 2.45) is 0 Å². The number of aliphatic hydroxyl groups excluding tert-OH is 1. The van der Waals surface area contributed by atoms with E-state index in [-0.39, 0.29) is 22.7 Å².